The first-order valence-electron chi connectivity index (χ1n) is 8.89. The van der Waals surface area contributed by atoms with E-state index in [0.717, 1.165) is 50.5 Å². The number of hydrogen-bond donors (Lipinski definition) is 0. The van der Waals surface area contributed by atoms with Crippen LogP contribution in [-0.2, 0) is 9.53 Å². The van der Waals surface area contributed by atoms with Gasteiger partial charge in [-0.1, -0.05) is 60.7 Å². The molecule has 1 aliphatic rings. The van der Waals surface area contributed by atoms with Crippen LogP contribution in [0.25, 0.3) is 0 Å². The highest BCUT2D eigenvalue weighted by atomic mass is 16.5. The van der Waals surface area contributed by atoms with E-state index in [1.54, 1.807) is 7.11 Å². The number of benzene rings is 2. The molecule has 4 heteroatoms. The molecule has 25 heavy (non-hydrogen) atoms. The highest BCUT2D eigenvalue weighted by Gasteiger charge is 2.29. The summed E-state index contributed by atoms with van der Waals surface area (Å²) in [5, 5.41) is 0. The molecule has 1 aliphatic heterocycles. The third kappa shape index (κ3) is 4.47. The van der Waals surface area contributed by atoms with Crippen molar-refractivity contribution in [3.05, 3.63) is 71.8 Å². The molecule has 0 N–H and O–H groups in total. The van der Waals surface area contributed by atoms with Crippen LogP contribution in [0, 0.1) is 0 Å². The zero-order valence-electron chi connectivity index (χ0n) is 14.8. The largest absolute Gasteiger partial charge is 0.383 e. The summed E-state index contributed by atoms with van der Waals surface area (Å²) >= 11 is 0. The van der Waals surface area contributed by atoms with Crippen molar-refractivity contribution in [2.45, 2.75) is 5.92 Å². The minimum absolute atomic E-state index is 0.198. The normalized spacial score (nSPS) is 15.5. The lowest BCUT2D eigenvalue weighted by atomic mass is 9.90. The van der Waals surface area contributed by atoms with Crippen molar-refractivity contribution in [3.63, 3.8) is 0 Å². The Labute approximate surface area is 150 Å². The molecule has 1 heterocycles. The van der Waals surface area contributed by atoms with Crippen molar-refractivity contribution in [1.29, 1.82) is 0 Å². The smallest absolute Gasteiger partial charge is 0.234 e. The standard InChI is InChI=1S/C21H26N2O2/c1-25-17-16-22-12-14-23(15-13-22)21(24)20(18-8-4-2-5-9-18)19-10-6-3-7-11-19/h2-11,20H,12-17H2,1H3. The summed E-state index contributed by atoms with van der Waals surface area (Å²) in [7, 11) is 1.73. The fraction of sp³-hybridized carbons (Fsp3) is 0.381. The zero-order valence-corrected chi connectivity index (χ0v) is 14.8. The van der Waals surface area contributed by atoms with Crippen molar-refractivity contribution >= 4 is 5.91 Å². The van der Waals surface area contributed by atoms with Crippen molar-refractivity contribution in [1.82, 2.24) is 9.80 Å². The Morgan fingerprint density at radius 3 is 1.92 bits per heavy atom. The fourth-order valence-corrected chi connectivity index (χ4v) is 3.36. The fourth-order valence-electron chi connectivity index (χ4n) is 3.36. The predicted octanol–water partition coefficient (Wildman–Crippen LogP) is 2.61. The lowest BCUT2D eigenvalue weighted by Crippen LogP contribution is -2.50. The van der Waals surface area contributed by atoms with E-state index in [1.807, 2.05) is 65.6 Å². The van der Waals surface area contributed by atoms with E-state index in [-0.39, 0.29) is 11.8 Å². The maximum Gasteiger partial charge on any atom is 0.234 e. The second kappa shape index (κ2) is 8.79. The molecule has 1 fully saturated rings. The number of carbonyl (C=O) groups excluding carboxylic acids is 1. The third-order valence-corrected chi connectivity index (χ3v) is 4.81. The number of carbonyl (C=O) groups is 1. The van der Waals surface area contributed by atoms with Crippen LogP contribution < -0.4 is 0 Å². The summed E-state index contributed by atoms with van der Waals surface area (Å²) in [5.41, 5.74) is 2.11. The Hall–Kier alpha value is -2.17. The molecule has 2 aromatic carbocycles. The average molecular weight is 338 g/mol. The Morgan fingerprint density at radius 2 is 1.44 bits per heavy atom. The molecule has 0 spiro atoms. The van der Waals surface area contributed by atoms with Crippen LogP contribution in [0.15, 0.2) is 60.7 Å². The number of amides is 1. The van der Waals surface area contributed by atoms with Crippen LogP contribution in [0.4, 0.5) is 0 Å². The molecule has 0 unspecified atom stereocenters. The van der Waals surface area contributed by atoms with Crippen molar-refractivity contribution in [2.24, 2.45) is 0 Å². The van der Waals surface area contributed by atoms with E-state index in [1.165, 1.54) is 0 Å². The Kier molecular flexibility index (Phi) is 6.20. The van der Waals surface area contributed by atoms with Crippen molar-refractivity contribution in [3.8, 4) is 0 Å². The lowest BCUT2D eigenvalue weighted by Gasteiger charge is -2.36. The molecule has 0 aliphatic carbocycles. The van der Waals surface area contributed by atoms with E-state index in [4.69, 9.17) is 4.74 Å². The van der Waals surface area contributed by atoms with Gasteiger partial charge in [0.15, 0.2) is 0 Å². The number of nitrogens with zero attached hydrogens (tertiary/aromatic N) is 2. The summed E-state index contributed by atoms with van der Waals surface area (Å²) in [6.45, 7) is 5.04. The van der Waals surface area contributed by atoms with Crippen LogP contribution in [0.2, 0.25) is 0 Å². The zero-order chi connectivity index (χ0) is 17.5. The number of piperazine rings is 1. The van der Waals surface area contributed by atoms with Crippen molar-refractivity contribution in [2.75, 3.05) is 46.4 Å². The Morgan fingerprint density at radius 1 is 0.920 bits per heavy atom. The molecule has 2 aromatic rings. The first kappa shape index (κ1) is 17.6. The molecule has 132 valence electrons. The third-order valence-electron chi connectivity index (χ3n) is 4.81. The van der Waals surface area contributed by atoms with Crippen molar-refractivity contribution < 1.29 is 9.53 Å². The van der Waals surface area contributed by atoms with Crippen LogP contribution in [-0.4, -0.2) is 62.1 Å². The average Bonchev–Trinajstić information content (AvgIpc) is 2.68. The van der Waals surface area contributed by atoms with Gasteiger partial charge in [-0.3, -0.25) is 9.69 Å². The molecular formula is C21H26N2O2. The summed E-state index contributed by atoms with van der Waals surface area (Å²) in [6.07, 6.45) is 0. The topological polar surface area (TPSA) is 32.8 Å². The highest BCUT2D eigenvalue weighted by Crippen LogP contribution is 2.27. The van der Waals surface area contributed by atoms with Gasteiger partial charge in [0.1, 0.15) is 0 Å². The first-order chi connectivity index (χ1) is 12.3. The Balaban J connectivity index is 1.75. The quantitative estimate of drug-likeness (QED) is 0.812. The highest BCUT2D eigenvalue weighted by molar-refractivity contribution is 5.87. The van der Waals surface area contributed by atoms with E-state index < -0.39 is 0 Å². The van der Waals surface area contributed by atoms with Gasteiger partial charge in [-0.15, -0.1) is 0 Å². The van der Waals surface area contributed by atoms with Crippen LogP contribution in [0.3, 0.4) is 0 Å². The van der Waals surface area contributed by atoms with Gasteiger partial charge in [0.25, 0.3) is 0 Å². The van der Waals surface area contributed by atoms with Gasteiger partial charge in [-0.25, -0.2) is 0 Å². The molecule has 0 radical (unpaired) electrons. The second-order valence-corrected chi connectivity index (χ2v) is 6.41. The van der Waals surface area contributed by atoms with E-state index in [2.05, 4.69) is 4.90 Å². The SMILES string of the molecule is COCCN1CCN(C(=O)C(c2ccccc2)c2ccccc2)CC1. The van der Waals surface area contributed by atoms with Gasteiger partial charge in [0.05, 0.1) is 12.5 Å². The molecule has 0 atom stereocenters. The van der Waals surface area contributed by atoms with Gasteiger partial charge in [0, 0.05) is 39.8 Å². The van der Waals surface area contributed by atoms with Crippen LogP contribution in [0.5, 0.6) is 0 Å². The monoisotopic (exact) mass is 338 g/mol. The maximum absolute atomic E-state index is 13.3. The number of hydrogen-bond acceptors (Lipinski definition) is 3. The van der Waals surface area contributed by atoms with Gasteiger partial charge >= 0.3 is 0 Å². The number of methoxy groups -OCH3 is 1. The summed E-state index contributed by atoms with van der Waals surface area (Å²) in [5.74, 6) is -0.0308. The minimum Gasteiger partial charge on any atom is -0.383 e. The molecule has 1 saturated heterocycles. The predicted molar refractivity (Wildman–Crippen MR) is 99.6 cm³/mol. The molecule has 0 bridgehead atoms. The Bertz CT molecular complexity index is 613. The number of ether oxygens (including phenoxy) is 1. The van der Waals surface area contributed by atoms with E-state index in [0.29, 0.717) is 0 Å². The molecule has 0 aromatic heterocycles. The summed E-state index contributed by atoms with van der Waals surface area (Å²) in [6, 6.07) is 20.2. The van der Waals surface area contributed by atoms with Crippen LogP contribution in [0.1, 0.15) is 17.0 Å². The summed E-state index contributed by atoms with van der Waals surface area (Å²) in [4.78, 5) is 17.7. The number of rotatable bonds is 6. The van der Waals surface area contributed by atoms with E-state index >= 15 is 0 Å². The lowest BCUT2D eigenvalue weighted by molar-refractivity contribution is -0.133. The van der Waals surface area contributed by atoms with Gasteiger partial charge in [-0.05, 0) is 11.1 Å². The molecule has 4 nitrogen and oxygen atoms in total. The van der Waals surface area contributed by atoms with E-state index in [9.17, 15) is 4.79 Å². The van der Waals surface area contributed by atoms with Gasteiger partial charge in [0.2, 0.25) is 5.91 Å². The minimum atomic E-state index is -0.229. The first-order valence-corrected chi connectivity index (χ1v) is 8.89. The second-order valence-electron chi connectivity index (χ2n) is 6.41. The van der Waals surface area contributed by atoms with Crippen LogP contribution >= 0.6 is 0 Å². The van der Waals surface area contributed by atoms with Gasteiger partial charge < -0.3 is 9.64 Å². The molecule has 1 amide bonds. The molecule has 3 rings (SSSR count). The van der Waals surface area contributed by atoms with Gasteiger partial charge in [-0.2, -0.15) is 0 Å². The maximum atomic E-state index is 13.3. The summed E-state index contributed by atoms with van der Waals surface area (Å²) < 4.78 is 5.15. The molecule has 0 saturated carbocycles. The molecular weight excluding hydrogens is 312 g/mol.